The highest BCUT2D eigenvalue weighted by Crippen LogP contribution is 2.31. The summed E-state index contributed by atoms with van der Waals surface area (Å²) in [5, 5.41) is 2.80. The molecule has 0 bridgehead atoms. The van der Waals surface area contributed by atoms with Gasteiger partial charge >= 0.3 is 6.09 Å². The van der Waals surface area contributed by atoms with Crippen molar-refractivity contribution in [2.45, 2.75) is 51.6 Å². The van der Waals surface area contributed by atoms with Gasteiger partial charge in [0.2, 0.25) is 5.91 Å². The number of benzene rings is 1. The fraction of sp³-hybridized carbons (Fsp3) is 0.542. The molecule has 2 fully saturated rings. The van der Waals surface area contributed by atoms with Crippen LogP contribution in [0.4, 0.5) is 4.79 Å². The van der Waals surface area contributed by atoms with Crippen molar-refractivity contribution >= 4 is 39.2 Å². The molecule has 174 valence electrons. The number of nitrogens with zero attached hydrogens (tertiary/aromatic N) is 2. The van der Waals surface area contributed by atoms with E-state index in [4.69, 9.17) is 14.5 Å². The Kier molecular flexibility index (Phi) is 8.48. The molecule has 32 heavy (non-hydrogen) atoms. The molecule has 1 aromatic rings. The van der Waals surface area contributed by atoms with Crippen molar-refractivity contribution in [3.63, 3.8) is 0 Å². The fourth-order valence-corrected chi connectivity index (χ4v) is 4.93. The third-order valence-corrected chi connectivity index (χ3v) is 6.88. The summed E-state index contributed by atoms with van der Waals surface area (Å²) in [5.41, 5.74) is 3.33. The Balaban J connectivity index is 0.00000289. The van der Waals surface area contributed by atoms with Crippen molar-refractivity contribution in [3.05, 3.63) is 40.5 Å². The van der Waals surface area contributed by atoms with E-state index in [2.05, 4.69) is 33.4 Å². The maximum absolute atomic E-state index is 13.6. The normalized spacial score (nSPS) is 21.9. The number of methoxy groups -OCH3 is 1. The van der Waals surface area contributed by atoms with E-state index < -0.39 is 12.1 Å². The van der Waals surface area contributed by atoms with Gasteiger partial charge in [-0.1, -0.05) is 35.5 Å². The standard InChI is InChI=1S/C23H28BrN3O4.CH4/c1-30-23(29)26-21(16-8-11-31-12-9-16)22(28)27-10-2-3-20(27)19-13-17(14-25-19)15-4-6-18(24)7-5-15;/h4-7,14,16,20-21H,2-3,8-13H2,1H3,(H,26,29);1H4/t20-,21?;/m0./s1. The van der Waals surface area contributed by atoms with Gasteiger partial charge in [-0.15, -0.1) is 0 Å². The van der Waals surface area contributed by atoms with Crippen LogP contribution in [-0.2, 0) is 14.3 Å². The molecule has 3 aliphatic rings. The largest absolute Gasteiger partial charge is 0.453 e. The molecule has 1 unspecified atom stereocenters. The fourth-order valence-electron chi connectivity index (χ4n) is 4.66. The lowest BCUT2D eigenvalue weighted by molar-refractivity contribution is -0.135. The van der Waals surface area contributed by atoms with Gasteiger partial charge in [-0.05, 0) is 54.9 Å². The van der Waals surface area contributed by atoms with E-state index in [1.54, 1.807) is 0 Å². The van der Waals surface area contributed by atoms with E-state index in [9.17, 15) is 9.59 Å². The molecule has 0 saturated carbocycles. The first-order chi connectivity index (χ1) is 15.1. The molecule has 3 heterocycles. The van der Waals surface area contributed by atoms with Gasteiger partial charge in [0.1, 0.15) is 6.04 Å². The number of halogens is 1. The van der Waals surface area contributed by atoms with E-state index >= 15 is 0 Å². The number of hydrogen-bond acceptors (Lipinski definition) is 5. The number of ether oxygens (including phenoxy) is 2. The van der Waals surface area contributed by atoms with Crippen LogP contribution >= 0.6 is 15.9 Å². The highest BCUT2D eigenvalue weighted by molar-refractivity contribution is 9.10. The number of aliphatic imine (C=N–C) groups is 1. The molecule has 2 atom stereocenters. The van der Waals surface area contributed by atoms with Crippen molar-refractivity contribution < 1.29 is 19.1 Å². The monoisotopic (exact) mass is 505 g/mol. The number of nitrogens with one attached hydrogen (secondary N) is 1. The second kappa shape index (κ2) is 11.1. The van der Waals surface area contributed by atoms with Gasteiger partial charge in [0, 0.05) is 42.6 Å². The van der Waals surface area contributed by atoms with Crippen LogP contribution < -0.4 is 5.32 Å². The zero-order valence-electron chi connectivity index (χ0n) is 17.7. The maximum Gasteiger partial charge on any atom is 0.407 e. The highest BCUT2D eigenvalue weighted by Gasteiger charge is 2.40. The second-order valence-corrected chi connectivity index (χ2v) is 9.13. The summed E-state index contributed by atoms with van der Waals surface area (Å²) in [7, 11) is 1.32. The third-order valence-electron chi connectivity index (χ3n) is 6.36. The Hall–Kier alpha value is -2.19. The van der Waals surface area contributed by atoms with Crippen LogP contribution in [0.2, 0.25) is 0 Å². The van der Waals surface area contributed by atoms with Crippen molar-refractivity contribution in [1.82, 2.24) is 10.2 Å². The second-order valence-electron chi connectivity index (χ2n) is 8.21. The zero-order chi connectivity index (χ0) is 21.8. The summed E-state index contributed by atoms with van der Waals surface area (Å²) in [6, 6.07) is 7.57. The predicted molar refractivity (Wildman–Crippen MR) is 129 cm³/mol. The molecule has 1 aromatic carbocycles. The molecule has 0 aromatic heterocycles. The molecule has 1 N–H and O–H groups in total. The minimum Gasteiger partial charge on any atom is -0.453 e. The number of likely N-dealkylation sites (tertiary alicyclic amines) is 1. The van der Waals surface area contributed by atoms with E-state index in [0.29, 0.717) is 19.8 Å². The van der Waals surface area contributed by atoms with E-state index in [-0.39, 0.29) is 25.3 Å². The van der Waals surface area contributed by atoms with Crippen LogP contribution in [0.3, 0.4) is 0 Å². The lowest BCUT2D eigenvalue weighted by atomic mass is 9.90. The molecule has 8 heteroatoms. The van der Waals surface area contributed by atoms with Crippen molar-refractivity contribution in [2.24, 2.45) is 10.9 Å². The quantitative estimate of drug-likeness (QED) is 0.642. The average molecular weight is 506 g/mol. The van der Waals surface area contributed by atoms with Crippen LogP contribution in [0.25, 0.3) is 5.57 Å². The SMILES string of the molecule is C.COC(=O)NC(C(=O)N1CCC[C@H]1C1=NC=C(c2ccc(Br)cc2)C1)C1CCOCC1. The first-order valence-corrected chi connectivity index (χ1v) is 11.6. The number of alkyl carbamates (subject to hydrolysis) is 1. The van der Waals surface area contributed by atoms with Gasteiger partial charge in [0.25, 0.3) is 0 Å². The molecule has 7 nitrogen and oxygen atoms in total. The summed E-state index contributed by atoms with van der Waals surface area (Å²) < 4.78 is 11.3. The number of rotatable bonds is 5. The van der Waals surface area contributed by atoms with Crippen molar-refractivity contribution in [1.29, 1.82) is 0 Å². The molecule has 2 amide bonds. The summed E-state index contributed by atoms with van der Waals surface area (Å²) in [6.45, 7) is 1.89. The van der Waals surface area contributed by atoms with Gasteiger partial charge < -0.3 is 19.7 Å². The Morgan fingerprint density at radius 1 is 1.22 bits per heavy atom. The maximum atomic E-state index is 13.6. The van der Waals surface area contributed by atoms with Crippen LogP contribution in [0.1, 0.15) is 45.1 Å². The summed E-state index contributed by atoms with van der Waals surface area (Å²) in [6.07, 6.45) is 5.40. The molecule has 0 aliphatic carbocycles. The zero-order valence-corrected chi connectivity index (χ0v) is 19.3. The minimum atomic E-state index is -0.599. The third kappa shape index (κ3) is 5.41. The Morgan fingerprint density at radius 3 is 2.62 bits per heavy atom. The van der Waals surface area contributed by atoms with Crippen LogP contribution in [-0.4, -0.2) is 61.6 Å². The van der Waals surface area contributed by atoms with Crippen LogP contribution in [0.15, 0.2) is 39.9 Å². The van der Waals surface area contributed by atoms with Gasteiger partial charge in [0.05, 0.1) is 13.2 Å². The molecule has 2 saturated heterocycles. The number of allylic oxidation sites excluding steroid dienone is 1. The minimum absolute atomic E-state index is 0. The molecule has 0 radical (unpaired) electrons. The van der Waals surface area contributed by atoms with Crippen LogP contribution in [0, 0.1) is 5.92 Å². The summed E-state index contributed by atoms with van der Waals surface area (Å²) >= 11 is 3.47. The Morgan fingerprint density at radius 2 is 1.94 bits per heavy atom. The lowest BCUT2D eigenvalue weighted by Crippen LogP contribution is -2.55. The number of carbonyl (C=O) groups excluding carboxylic acids is 2. The van der Waals surface area contributed by atoms with Gasteiger partial charge in [0.15, 0.2) is 0 Å². The van der Waals surface area contributed by atoms with E-state index in [1.165, 1.54) is 7.11 Å². The van der Waals surface area contributed by atoms with E-state index in [1.807, 2.05) is 23.2 Å². The van der Waals surface area contributed by atoms with Crippen molar-refractivity contribution in [3.8, 4) is 0 Å². The highest BCUT2D eigenvalue weighted by atomic mass is 79.9. The topological polar surface area (TPSA) is 80.2 Å². The van der Waals surface area contributed by atoms with Crippen LogP contribution in [0.5, 0.6) is 0 Å². The summed E-state index contributed by atoms with van der Waals surface area (Å²) in [5.74, 6) is 0.00293. The Labute approximate surface area is 198 Å². The van der Waals surface area contributed by atoms with Gasteiger partial charge in [-0.3, -0.25) is 9.79 Å². The van der Waals surface area contributed by atoms with E-state index in [0.717, 1.165) is 53.4 Å². The lowest BCUT2D eigenvalue weighted by Gasteiger charge is -2.34. The molecule has 3 aliphatic heterocycles. The smallest absolute Gasteiger partial charge is 0.407 e. The van der Waals surface area contributed by atoms with Gasteiger partial charge in [-0.25, -0.2) is 4.79 Å². The van der Waals surface area contributed by atoms with Gasteiger partial charge in [-0.2, -0.15) is 0 Å². The first kappa shape index (κ1) is 24.5. The van der Waals surface area contributed by atoms with Crippen molar-refractivity contribution in [2.75, 3.05) is 26.9 Å². The predicted octanol–water partition coefficient (Wildman–Crippen LogP) is 4.41. The Bertz CT molecular complexity index is 878. The average Bonchev–Trinajstić information content (AvgIpc) is 3.47. The molecule has 4 rings (SSSR count). The summed E-state index contributed by atoms with van der Waals surface area (Å²) in [4.78, 5) is 32.2. The number of hydrogen-bond donors (Lipinski definition) is 1. The molecular weight excluding hydrogens is 474 g/mol. The molecule has 0 spiro atoms. The number of carbonyl (C=O) groups is 2. The molecular formula is C24H32BrN3O4. The first-order valence-electron chi connectivity index (χ1n) is 10.8. The number of amides is 2.